The van der Waals surface area contributed by atoms with Crippen LogP contribution in [-0.2, 0) is 11.4 Å². The number of nitrogens with one attached hydrogen (secondary N) is 1. The van der Waals surface area contributed by atoms with Crippen LogP contribution in [0, 0.1) is 0 Å². The first-order valence-electron chi connectivity index (χ1n) is 9.84. The predicted octanol–water partition coefficient (Wildman–Crippen LogP) is 4.49. The van der Waals surface area contributed by atoms with Crippen molar-refractivity contribution in [2.24, 2.45) is 0 Å². The molecule has 0 aromatic heterocycles. The lowest BCUT2D eigenvalue weighted by Crippen LogP contribution is -2.41. The summed E-state index contributed by atoms with van der Waals surface area (Å²) in [5, 5.41) is 2.73. The molecule has 1 heterocycles. The molecule has 5 nitrogen and oxygen atoms in total. The molecule has 0 bridgehead atoms. The molecular formula is C23H24N2O3. The Bertz CT molecular complexity index is 868. The summed E-state index contributed by atoms with van der Waals surface area (Å²) in [6, 6.07) is 17.2. The van der Waals surface area contributed by atoms with Crippen molar-refractivity contribution in [3.05, 3.63) is 71.4 Å². The Hall–Kier alpha value is -3.08. The Kier molecular flexibility index (Phi) is 5.42. The molecule has 0 unspecified atom stereocenters. The van der Waals surface area contributed by atoms with Crippen molar-refractivity contribution in [3.8, 4) is 5.75 Å². The van der Waals surface area contributed by atoms with E-state index in [9.17, 15) is 9.59 Å². The van der Waals surface area contributed by atoms with Crippen LogP contribution < -0.4 is 10.1 Å². The van der Waals surface area contributed by atoms with E-state index in [1.807, 2.05) is 54.6 Å². The van der Waals surface area contributed by atoms with E-state index >= 15 is 0 Å². The molecule has 1 saturated heterocycles. The van der Waals surface area contributed by atoms with E-state index in [-0.39, 0.29) is 18.0 Å². The van der Waals surface area contributed by atoms with Crippen LogP contribution in [0.2, 0.25) is 0 Å². The van der Waals surface area contributed by atoms with Gasteiger partial charge in [-0.05, 0) is 42.2 Å². The van der Waals surface area contributed by atoms with Gasteiger partial charge in [0.2, 0.25) is 0 Å². The van der Waals surface area contributed by atoms with Gasteiger partial charge in [0.15, 0.2) is 0 Å². The summed E-state index contributed by atoms with van der Waals surface area (Å²) in [5.74, 6) is 0.540. The zero-order valence-electron chi connectivity index (χ0n) is 15.8. The third-order valence-electron chi connectivity index (χ3n) is 5.29. The summed E-state index contributed by atoms with van der Waals surface area (Å²) in [7, 11) is 0. The number of benzene rings is 2. The van der Waals surface area contributed by atoms with Gasteiger partial charge in [0.25, 0.3) is 5.91 Å². The van der Waals surface area contributed by atoms with Crippen LogP contribution in [0.3, 0.4) is 0 Å². The molecule has 144 valence electrons. The number of rotatable bonds is 5. The topological polar surface area (TPSA) is 58.6 Å². The molecule has 2 aromatic carbocycles. The number of amides is 3. The SMILES string of the molecule is O=C1N/C(=C\c2ccc(OCc3ccccc3)cc2)C(=O)N1C1CCCCC1. The summed E-state index contributed by atoms with van der Waals surface area (Å²) in [6.07, 6.45) is 6.86. The number of nitrogens with zero attached hydrogens (tertiary/aromatic N) is 1. The quantitative estimate of drug-likeness (QED) is 0.618. The first-order valence-corrected chi connectivity index (χ1v) is 9.84. The van der Waals surface area contributed by atoms with Crippen molar-refractivity contribution in [2.75, 3.05) is 0 Å². The van der Waals surface area contributed by atoms with Gasteiger partial charge in [0, 0.05) is 6.04 Å². The highest BCUT2D eigenvalue weighted by Crippen LogP contribution is 2.27. The van der Waals surface area contributed by atoms with Gasteiger partial charge in [-0.15, -0.1) is 0 Å². The van der Waals surface area contributed by atoms with E-state index in [2.05, 4.69) is 5.32 Å². The molecule has 5 heteroatoms. The highest BCUT2D eigenvalue weighted by molar-refractivity contribution is 6.14. The maximum atomic E-state index is 12.7. The van der Waals surface area contributed by atoms with Crippen molar-refractivity contribution in [1.29, 1.82) is 0 Å². The summed E-state index contributed by atoms with van der Waals surface area (Å²) >= 11 is 0. The Morgan fingerprint density at radius 3 is 2.39 bits per heavy atom. The second kappa shape index (κ2) is 8.30. The minimum Gasteiger partial charge on any atom is -0.489 e. The summed E-state index contributed by atoms with van der Waals surface area (Å²) in [5.41, 5.74) is 2.30. The van der Waals surface area contributed by atoms with Crippen molar-refractivity contribution in [1.82, 2.24) is 10.2 Å². The third-order valence-corrected chi connectivity index (χ3v) is 5.29. The standard InChI is InChI=1S/C23H24N2O3/c26-22-21(24-23(27)25(22)19-9-5-2-6-10-19)15-17-11-13-20(14-12-17)28-16-18-7-3-1-4-8-18/h1,3-4,7-8,11-15,19H,2,5-6,9-10,16H2,(H,24,27)/b21-15-. The van der Waals surface area contributed by atoms with Gasteiger partial charge in [0.1, 0.15) is 18.1 Å². The van der Waals surface area contributed by atoms with Crippen LogP contribution in [0.25, 0.3) is 6.08 Å². The Balaban J connectivity index is 1.41. The van der Waals surface area contributed by atoms with Crippen molar-refractivity contribution >= 4 is 18.0 Å². The first-order chi connectivity index (χ1) is 13.7. The lowest BCUT2D eigenvalue weighted by atomic mass is 9.94. The summed E-state index contributed by atoms with van der Waals surface area (Å²) < 4.78 is 5.79. The molecule has 28 heavy (non-hydrogen) atoms. The molecule has 1 aliphatic heterocycles. The van der Waals surface area contributed by atoms with E-state index in [0.717, 1.165) is 42.6 Å². The molecule has 4 rings (SSSR count). The number of hydrogen-bond donors (Lipinski definition) is 1. The molecule has 1 N–H and O–H groups in total. The predicted molar refractivity (Wildman–Crippen MR) is 107 cm³/mol. The van der Waals surface area contributed by atoms with Crippen LogP contribution >= 0.6 is 0 Å². The van der Waals surface area contributed by atoms with Gasteiger partial charge in [-0.1, -0.05) is 61.7 Å². The van der Waals surface area contributed by atoms with Gasteiger partial charge in [-0.3, -0.25) is 9.69 Å². The Labute approximate surface area is 165 Å². The zero-order valence-corrected chi connectivity index (χ0v) is 15.8. The number of urea groups is 1. The highest BCUT2D eigenvalue weighted by Gasteiger charge is 2.38. The number of carbonyl (C=O) groups is 2. The smallest absolute Gasteiger partial charge is 0.329 e. The molecule has 0 radical (unpaired) electrons. The molecule has 2 aromatic rings. The largest absolute Gasteiger partial charge is 0.489 e. The van der Waals surface area contributed by atoms with Gasteiger partial charge < -0.3 is 10.1 Å². The third kappa shape index (κ3) is 4.09. The number of hydrogen-bond acceptors (Lipinski definition) is 3. The van der Waals surface area contributed by atoms with Crippen molar-refractivity contribution < 1.29 is 14.3 Å². The first kappa shape index (κ1) is 18.3. The molecular weight excluding hydrogens is 352 g/mol. The summed E-state index contributed by atoms with van der Waals surface area (Å²) in [6.45, 7) is 0.506. The Morgan fingerprint density at radius 1 is 0.964 bits per heavy atom. The second-order valence-corrected chi connectivity index (χ2v) is 7.30. The van der Waals surface area contributed by atoms with Crippen LogP contribution in [0.15, 0.2) is 60.3 Å². The minimum atomic E-state index is -0.300. The average Bonchev–Trinajstić information content (AvgIpc) is 3.02. The fourth-order valence-electron chi connectivity index (χ4n) is 3.79. The fraction of sp³-hybridized carbons (Fsp3) is 0.304. The fourth-order valence-corrected chi connectivity index (χ4v) is 3.79. The van der Waals surface area contributed by atoms with E-state index in [1.54, 1.807) is 6.08 Å². The van der Waals surface area contributed by atoms with Crippen molar-refractivity contribution in [3.63, 3.8) is 0 Å². The minimum absolute atomic E-state index is 0.0286. The molecule has 2 aliphatic rings. The van der Waals surface area contributed by atoms with Crippen LogP contribution in [0.5, 0.6) is 5.75 Å². The normalized spacial score (nSPS) is 19.1. The molecule has 3 amide bonds. The monoisotopic (exact) mass is 376 g/mol. The number of ether oxygens (including phenoxy) is 1. The van der Waals surface area contributed by atoms with Crippen LogP contribution in [0.1, 0.15) is 43.2 Å². The van der Waals surface area contributed by atoms with Gasteiger partial charge in [-0.2, -0.15) is 0 Å². The van der Waals surface area contributed by atoms with E-state index in [4.69, 9.17) is 4.74 Å². The zero-order chi connectivity index (χ0) is 19.3. The van der Waals surface area contributed by atoms with Crippen LogP contribution in [-0.4, -0.2) is 22.9 Å². The van der Waals surface area contributed by atoms with E-state index < -0.39 is 0 Å². The molecule has 0 spiro atoms. The highest BCUT2D eigenvalue weighted by atomic mass is 16.5. The summed E-state index contributed by atoms with van der Waals surface area (Å²) in [4.78, 5) is 26.4. The second-order valence-electron chi connectivity index (χ2n) is 7.30. The maximum Gasteiger partial charge on any atom is 0.329 e. The molecule has 0 atom stereocenters. The molecule has 1 saturated carbocycles. The van der Waals surface area contributed by atoms with Crippen molar-refractivity contribution in [2.45, 2.75) is 44.8 Å². The maximum absolute atomic E-state index is 12.7. The van der Waals surface area contributed by atoms with E-state index in [1.165, 1.54) is 11.3 Å². The van der Waals surface area contributed by atoms with E-state index in [0.29, 0.717) is 12.3 Å². The van der Waals surface area contributed by atoms with Gasteiger partial charge >= 0.3 is 6.03 Å². The number of imide groups is 1. The lowest BCUT2D eigenvalue weighted by Gasteiger charge is -2.28. The van der Waals surface area contributed by atoms with Gasteiger partial charge in [0.05, 0.1) is 0 Å². The lowest BCUT2D eigenvalue weighted by molar-refractivity contribution is -0.124. The van der Waals surface area contributed by atoms with Crippen LogP contribution in [0.4, 0.5) is 4.79 Å². The molecule has 2 fully saturated rings. The molecule has 1 aliphatic carbocycles. The number of carbonyl (C=O) groups excluding carboxylic acids is 2. The average molecular weight is 376 g/mol. The Morgan fingerprint density at radius 2 is 1.68 bits per heavy atom. The van der Waals surface area contributed by atoms with Gasteiger partial charge in [-0.25, -0.2) is 4.79 Å².